The fraction of sp³-hybridized carbons (Fsp3) is 0.519. The first-order chi connectivity index (χ1) is 16.4. The highest BCUT2D eigenvalue weighted by Crippen LogP contribution is 2.39. The normalized spacial score (nSPS) is 19.5. The van der Waals surface area contributed by atoms with Gasteiger partial charge in [0.15, 0.2) is 5.78 Å². The van der Waals surface area contributed by atoms with Gasteiger partial charge in [0, 0.05) is 42.7 Å². The van der Waals surface area contributed by atoms with Crippen LogP contribution >= 0.6 is 0 Å². The van der Waals surface area contributed by atoms with E-state index in [1.807, 2.05) is 43.1 Å². The Kier molecular flexibility index (Phi) is 6.06. The number of aryl methyl sites for hydroxylation is 1. The average Bonchev–Trinajstić information content (AvgIpc) is 3.53. The molecule has 2 aliphatic carbocycles. The number of para-hydroxylation sites is 1. The first-order valence-corrected chi connectivity index (χ1v) is 12.4. The van der Waals surface area contributed by atoms with E-state index in [1.165, 1.54) is 0 Å². The summed E-state index contributed by atoms with van der Waals surface area (Å²) in [5, 5.41) is 4.23. The molecule has 5 rings (SSSR count). The number of Topliss-reactive ketones (excluding diaryl/α,β-unsaturated/α-hetero) is 1. The summed E-state index contributed by atoms with van der Waals surface area (Å²) in [6.45, 7) is 3.52. The third-order valence-electron chi connectivity index (χ3n) is 8.09. The van der Waals surface area contributed by atoms with Gasteiger partial charge in [-0.25, -0.2) is 4.57 Å². The van der Waals surface area contributed by atoms with Crippen LogP contribution in [0.2, 0.25) is 0 Å². The number of esters is 1. The highest BCUT2D eigenvalue weighted by molar-refractivity contribution is 6.11. The number of benzene rings is 1. The third kappa shape index (κ3) is 3.76. The summed E-state index contributed by atoms with van der Waals surface area (Å²) in [5.41, 5.74) is 2.77. The molecule has 1 saturated carbocycles. The Labute approximate surface area is 200 Å². The van der Waals surface area contributed by atoms with Gasteiger partial charge in [-0.15, -0.1) is 0 Å². The maximum atomic E-state index is 13.5. The van der Waals surface area contributed by atoms with Crippen molar-refractivity contribution < 1.29 is 18.9 Å². The van der Waals surface area contributed by atoms with Crippen LogP contribution < -0.4 is 9.88 Å². The van der Waals surface area contributed by atoms with E-state index >= 15 is 0 Å². The van der Waals surface area contributed by atoms with Gasteiger partial charge >= 0.3 is 5.97 Å². The van der Waals surface area contributed by atoms with Crippen LogP contribution in [0.5, 0.6) is 0 Å². The second-order valence-electron chi connectivity index (χ2n) is 10.0. The van der Waals surface area contributed by atoms with Crippen molar-refractivity contribution in [2.75, 3.05) is 13.6 Å². The summed E-state index contributed by atoms with van der Waals surface area (Å²) in [4.78, 5) is 26.4. The Morgan fingerprint density at radius 1 is 1.26 bits per heavy atom. The first-order valence-electron chi connectivity index (χ1n) is 12.4. The molecular formula is C27H35N4O3+. The SMILES string of the molecule is CNCC1(C(=O)OC[n+]2ccn(CC3CCc4c(c5ccccc5n4C)C3=O)c2C)CCCC1. The largest absolute Gasteiger partial charge is 0.424 e. The van der Waals surface area contributed by atoms with Crippen molar-refractivity contribution in [2.45, 2.75) is 58.7 Å². The Morgan fingerprint density at radius 2 is 2.03 bits per heavy atom. The van der Waals surface area contributed by atoms with E-state index in [2.05, 4.69) is 33.6 Å². The van der Waals surface area contributed by atoms with E-state index in [0.717, 1.165) is 66.5 Å². The summed E-state index contributed by atoms with van der Waals surface area (Å²) in [5.74, 6) is 1.06. The predicted octanol–water partition coefficient (Wildman–Crippen LogP) is 3.30. The molecule has 1 unspecified atom stereocenters. The number of carbonyl (C=O) groups is 2. The molecular weight excluding hydrogens is 428 g/mol. The molecule has 7 nitrogen and oxygen atoms in total. The number of aromatic nitrogens is 3. The van der Waals surface area contributed by atoms with Crippen LogP contribution in [0.25, 0.3) is 10.9 Å². The first kappa shape index (κ1) is 22.8. The van der Waals surface area contributed by atoms with Gasteiger partial charge < -0.3 is 14.6 Å². The smallest absolute Gasteiger partial charge is 0.316 e. The van der Waals surface area contributed by atoms with Gasteiger partial charge in [0.2, 0.25) is 6.73 Å². The Morgan fingerprint density at radius 3 is 2.79 bits per heavy atom. The zero-order chi connectivity index (χ0) is 23.9. The zero-order valence-corrected chi connectivity index (χ0v) is 20.5. The van der Waals surface area contributed by atoms with Gasteiger partial charge in [-0.05, 0) is 38.8 Å². The lowest BCUT2D eigenvalue weighted by Crippen LogP contribution is -2.43. The topological polar surface area (TPSA) is 69.1 Å². The van der Waals surface area contributed by atoms with E-state index in [0.29, 0.717) is 13.1 Å². The molecule has 1 aromatic carbocycles. The van der Waals surface area contributed by atoms with E-state index in [1.54, 1.807) is 0 Å². The van der Waals surface area contributed by atoms with Crippen molar-refractivity contribution in [3.63, 3.8) is 0 Å². The van der Waals surface area contributed by atoms with Crippen LogP contribution in [-0.4, -0.2) is 34.5 Å². The minimum Gasteiger partial charge on any atom is -0.424 e. The van der Waals surface area contributed by atoms with Gasteiger partial charge in [-0.3, -0.25) is 9.59 Å². The van der Waals surface area contributed by atoms with E-state index in [-0.39, 0.29) is 24.4 Å². The summed E-state index contributed by atoms with van der Waals surface area (Å²) >= 11 is 0. The highest BCUT2D eigenvalue weighted by Gasteiger charge is 2.42. The molecule has 2 heterocycles. The third-order valence-corrected chi connectivity index (χ3v) is 8.09. The number of imidazole rings is 1. The minimum atomic E-state index is -0.392. The number of hydrogen-bond acceptors (Lipinski definition) is 4. The Bertz CT molecular complexity index is 1230. The zero-order valence-electron chi connectivity index (χ0n) is 20.5. The molecule has 2 aliphatic rings. The standard InChI is InChI=1S/C27H35N4O3/c1-19-30(14-15-31(19)18-34-26(33)27(17-28-2)12-6-7-13-27)16-20-10-11-23-24(25(20)32)21-8-4-5-9-22(21)29(23)3/h4-5,8-9,14-15,20,28H,6-7,10-13,16-18H2,1-3H3/q+1. The highest BCUT2D eigenvalue weighted by atomic mass is 16.5. The van der Waals surface area contributed by atoms with Crippen LogP contribution in [0.15, 0.2) is 36.7 Å². The predicted molar refractivity (Wildman–Crippen MR) is 129 cm³/mol. The monoisotopic (exact) mass is 463 g/mol. The molecule has 3 aromatic rings. The minimum absolute atomic E-state index is 0.0576. The summed E-state index contributed by atoms with van der Waals surface area (Å²) in [6, 6.07) is 8.18. The van der Waals surface area contributed by atoms with E-state index in [9.17, 15) is 9.59 Å². The summed E-state index contributed by atoms with van der Waals surface area (Å²) < 4.78 is 12.0. The van der Waals surface area contributed by atoms with Gasteiger partial charge in [0.05, 0.1) is 11.3 Å². The van der Waals surface area contributed by atoms with E-state index < -0.39 is 5.41 Å². The van der Waals surface area contributed by atoms with Crippen LogP contribution in [0.1, 0.15) is 54.0 Å². The lowest BCUT2D eigenvalue weighted by molar-refractivity contribution is -0.732. The van der Waals surface area contributed by atoms with Crippen LogP contribution in [0, 0.1) is 18.3 Å². The molecule has 0 aliphatic heterocycles. The average molecular weight is 464 g/mol. The van der Waals surface area contributed by atoms with Gasteiger partial charge in [0.1, 0.15) is 18.9 Å². The van der Waals surface area contributed by atoms with Crippen LogP contribution in [0.4, 0.5) is 0 Å². The maximum absolute atomic E-state index is 13.5. The quantitative estimate of drug-likeness (QED) is 0.431. The number of nitrogens with zero attached hydrogens (tertiary/aromatic N) is 3. The van der Waals surface area contributed by atoms with Gasteiger partial charge in [-0.2, -0.15) is 4.57 Å². The summed E-state index contributed by atoms with van der Waals surface area (Å²) in [6.07, 6.45) is 9.61. The number of carbonyl (C=O) groups excluding carboxylic acids is 2. The lowest BCUT2D eigenvalue weighted by Gasteiger charge is -2.25. The van der Waals surface area contributed by atoms with Crippen LogP contribution in [0.3, 0.4) is 0 Å². The molecule has 2 aromatic heterocycles. The fourth-order valence-corrected chi connectivity index (χ4v) is 6.07. The number of hydrogen-bond donors (Lipinski definition) is 1. The molecule has 0 amide bonds. The number of ether oxygens (including phenoxy) is 1. The number of fused-ring (bicyclic) bond motifs is 3. The lowest BCUT2D eigenvalue weighted by atomic mass is 9.85. The van der Waals surface area contributed by atoms with Gasteiger partial charge in [0.25, 0.3) is 5.82 Å². The molecule has 1 fully saturated rings. The molecule has 7 heteroatoms. The Balaban J connectivity index is 1.29. The Hall–Kier alpha value is -2.93. The molecule has 1 atom stereocenters. The van der Waals surface area contributed by atoms with Crippen molar-refractivity contribution in [3.05, 3.63) is 53.7 Å². The number of ketones is 1. The van der Waals surface area contributed by atoms with Crippen molar-refractivity contribution in [2.24, 2.45) is 18.4 Å². The van der Waals surface area contributed by atoms with Crippen LogP contribution in [-0.2, 0) is 36.3 Å². The van der Waals surface area contributed by atoms with Gasteiger partial charge in [-0.1, -0.05) is 31.0 Å². The molecule has 34 heavy (non-hydrogen) atoms. The second-order valence-corrected chi connectivity index (χ2v) is 10.0. The molecule has 0 bridgehead atoms. The molecule has 180 valence electrons. The summed E-state index contributed by atoms with van der Waals surface area (Å²) in [7, 11) is 3.95. The fourth-order valence-electron chi connectivity index (χ4n) is 6.07. The molecule has 1 N–H and O–H groups in total. The second kappa shape index (κ2) is 9.02. The van der Waals surface area contributed by atoms with Crippen molar-refractivity contribution in [1.29, 1.82) is 0 Å². The molecule has 0 radical (unpaired) electrons. The number of nitrogens with one attached hydrogen (secondary N) is 1. The van der Waals surface area contributed by atoms with E-state index in [4.69, 9.17) is 4.74 Å². The van der Waals surface area contributed by atoms with Crippen molar-refractivity contribution in [3.8, 4) is 0 Å². The van der Waals surface area contributed by atoms with Crippen molar-refractivity contribution >= 4 is 22.7 Å². The molecule has 0 saturated heterocycles. The number of rotatable bonds is 7. The maximum Gasteiger partial charge on any atom is 0.316 e. The molecule has 0 spiro atoms. The van der Waals surface area contributed by atoms with Crippen molar-refractivity contribution in [1.82, 2.24) is 14.5 Å².